The molecule has 116 valence electrons. The highest BCUT2D eigenvalue weighted by Crippen LogP contribution is 2.34. The van der Waals surface area contributed by atoms with Crippen LogP contribution >= 0.6 is 0 Å². The van der Waals surface area contributed by atoms with Crippen molar-refractivity contribution in [3.8, 4) is 0 Å². The molecule has 0 spiro atoms. The average Bonchev–Trinajstić information content (AvgIpc) is 2.77. The fraction of sp³-hybridized carbons (Fsp3) is 0.750. The Kier molecular flexibility index (Phi) is 4.70. The summed E-state index contributed by atoms with van der Waals surface area (Å²) in [4.78, 5) is 26.0. The van der Waals surface area contributed by atoms with Gasteiger partial charge in [0.1, 0.15) is 0 Å². The number of carbonyl (C=O) groups excluding carboxylic acids is 2. The molecule has 0 bridgehead atoms. The third kappa shape index (κ3) is 3.19. The number of nitrogens with zero attached hydrogens (tertiary/aromatic N) is 1. The highest BCUT2D eigenvalue weighted by molar-refractivity contribution is 6.05. The van der Waals surface area contributed by atoms with E-state index in [2.05, 4.69) is 5.32 Å². The number of piperidine rings is 1. The van der Waals surface area contributed by atoms with Crippen LogP contribution in [-0.2, 0) is 14.3 Å². The minimum atomic E-state index is -0.104. The Morgan fingerprint density at radius 3 is 2.33 bits per heavy atom. The van der Waals surface area contributed by atoms with Crippen molar-refractivity contribution in [3.05, 3.63) is 12.2 Å². The van der Waals surface area contributed by atoms with Crippen molar-refractivity contribution < 1.29 is 14.3 Å². The second kappa shape index (κ2) is 6.71. The molecular weight excluding hydrogens is 268 g/mol. The number of allylic oxidation sites excluding steroid dienone is 2. The number of carbonyl (C=O) groups is 2. The molecule has 1 N–H and O–H groups in total. The molecule has 2 saturated heterocycles. The van der Waals surface area contributed by atoms with Gasteiger partial charge in [-0.25, -0.2) is 0 Å². The molecule has 2 fully saturated rings. The molecule has 5 heteroatoms. The normalized spacial score (nSPS) is 30.0. The third-order valence-corrected chi connectivity index (χ3v) is 4.76. The van der Waals surface area contributed by atoms with Crippen molar-refractivity contribution in [1.29, 1.82) is 0 Å². The zero-order valence-corrected chi connectivity index (χ0v) is 12.4. The van der Waals surface area contributed by atoms with Gasteiger partial charge in [-0.1, -0.05) is 12.2 Å². The van der Waals surface area contributed by atoms with E-state index in [1.54, 1.807) is 0 Å². The first-order chi connectivity index (χ1) is 10.3. The zero-order valence-electron chi connectivity index (χ0n) is 12.4. The van der Waals surface area contributed by atoms with Crippen molar-refractivity contribution in [1.82, 2.24) is 10.2 Å². The summed E-state index contributed by atoms with van der Waals surface area (Å²) in [7, 11) is 0. The van der Waals surface area contributed by atoms with Crippen molar-refractivity contribution in [2.24, 2.45) is 11.8 Å². The Morgan fingerprint density at radius 1 is 1.10 bits per heavy atom. The number of likely N-dealkylation sites (tertiary alicyclic amines) is 1. The smallest absolute Gasteiger partial charge is 0.233 e. The summed E-state index contributed by atoms with van der Waals surface area (Å²) < 4.78 is 5.83. The van der Waals surface area contributed by atoms with Crippen LogP contribution in [0.5, 0.6) is 0 Å². The topological polar surface area (TPSA) is 58.6 Å². The van der Waals surface area contributed by atoms with E-state index in [4.69, 9.17) is 4.74 Å². The number of hydrogen-bond donors (Lipinski definition) is 1. The predicted octanol–water partition coefficient (Wildman–Crippen LogP) is 1.10. The Morgan fingerprint density at radius 2 is 1.71 bits per heavy atom. The first-order valence-corrected chi connectivity index (χ1v) is 8.10. The van der Waals surface area contributed by atoms with Crippen LogP contribution in [0.1, 0.15) is 32.1 Å². The second-order valence-electron chi connectivity index (χ2n) is 6.16. The summed E-state index contributed by atoms with van der Waals surface area (Å²) in [5.41, 5.74) is 0. The quantitative estimate of drug-likeness (QED) is 0.468. The van der Waals surface area contributed by atoms with Crippen molar-refractivity contribution in [2.75, 3.05) is 26.2 Å². The number of amides is 2. The molecule has 2 unspecified atom stereocenters. The summed E-state index contributed by atoms with van der Waals surface area (Å²) in [6, 6.07) is 0. The Hall–Kier alpha value is -1.20. The first-order valence-electron chi connectivity index (χ1n) is 8.10. The van der Waals surface area contributed by atoms with Crippen LogP contribution in [0.3, 0.4) is 0 Å². The number of ether oxygens (including phenoxy) is 1. The van der Waals surface area contributed by atoms with E-state index in [0.717, 1.165) is 45.2 Å². The van der Waals surface area contributed by atoms with E-state index in [1.165, 1.54) is 4.90 Å². The van der Waals surface area contributed by atoms with Crippen LogP contribution in [0.15, 0.2) is 12.2 Å². The lowest BCUT2D eigenvalue weighted by Crippen LogP contribution is -2.34. The van der Waals surface area contributed by atoms with Gasteiger partial charge in [0.2, 0.25) is 11.8 Å². The summed E-state index contributed by atoms with van der Waals surface area (Å²) in [5.74, 6) is -0.159. The second-order valence-corrected chi connectivity index (χ2v) is 6.16. The SMILES string of the molecule is O=C1C2CC=CCC2C(=O)N1CCCOC1CCNCC1. The molecule has 2 amide bonds. The summed E-state index contributed by atoms with van der Waals surface area (Å²) in [5, 5.41) is 3.31. The fourth-order valence-corrected chi connectivity index (χ4v) is 3.52. The number of rotatable bonds is 5. The van der Waals surface area contributed by atoms with E-state index in [9.17, 15) is 9.59 Å². The molecule has 2 aliphatic heterocycles. The van der Waals surface area contributed by atoms with Crippen LogP contribution in [-0.4, -0.2) is 49.1 Å². The molecule has 21 heavy (non-hydrogen) atoms. The van der Waals surface area contributed by atoms with Crippen LogP contribution in [0, 0.1) is 11.8 Å². The van der Waals surface area contributed by atoms with Crippen LogP contribution in [0.25, 0.3) is 0 Å². The van der Waals surface area contributed by atoms with Crippen LogP contribution < -0.4 is 5.32 Å². The van der Waals surface area contributed by atoms with Crippen molar-refractivity contribution >= 4 is 11.8 Å². The molecule has 3 aliphatic rings. The molecule has 0 radical (unpaired) electrons. The monoisotopic (exact) mass is 292 g/mol. The molecule has 0 aromatic rings. The van der Waals surface area contributed by atoms with Gasteiger partial charge < -0.3 is 10.1 Å². The van der Waals surface area contributed by atoms with Gasteiger partial charge in [0.05, 0.1) is 17.9 Å². The number of fused-ring (bicyclic) bond motifs is 1. The molecule has 5 nitrogen and oxygen atoms in total. The van der Waals surface area contributed by atoms with Gasteiger partial charge in [-0.05, 0) is 45.2 Å². The Balaban J connectivity index is 1.43. The lowest BCUT2D eigenvalue weighted by Gasteiger charge is -2.23. The summed E-state index contributed by atoms with van der Waals surface area (Å²) >= 11 is 0. The lowest BCUT2D eigenvalue weighted by atomic mass is 9.85. The van der Waals surface area contributed by atoms with E-state index >= 15 is 0 Å². The van der Waals surface area contributed by atoms with Gasteiger partial charge >= 0.3 is 0 Å². The molecular formula is C16H24N2O3. The predicted molar refractivity (Wildman–Crippen MR) is 78.5 cm³/mol. The molecule has 2 atom stereocenters. The van der Waals surface area contributed by atoms with Gasteiger partial charge in [0.25, 0.3) is 0 Å². The molecule has 0 saturated carbocycles. The molecule has 0 aromatic carbocycles. The van der Waals surface area contributed by atoms with Crippen molar-refractivity contribution in [3.63, 3.8) is 0 Å². The highest BCUT2D eigenvalue weighted by Gasteiger charge is 2.46. The molecule has 1 aliphatic carbocycles. The number of nitrogens with one attached hydrogen (secondary N) is 1. The van der Waals surface area contributed by atoms with Gasteiger partial charge in [-0.3, -0.25) is 14.5 Å². The van der Waals surface area contributed by atoms with E-state index in [0.29, 0.717) is 19.3 Å². The van der Waals surface area contributed by atoms with Gasteiger partial charge in [0.15, 0.2) is 0 Å². The largest absolute Gasteiger partial charge is 0.378 e. The number of hydrogen-bond acceptors (Lipinski definition) is 4. The van der Waals surface area contributed by atoms with Gasteiger partial charge in [-0.2, -0.15) is 0 Å². The minimum absolute atomic E-state index is 0.0243. The van der Waals surface area contributed by atoms with Gasteiger partial charge in [-0.15, -0.1) is 0 Å². The van der Waals surface area contributed by atoms with E-state index in [1.807, 2.05) is 12.2 Å². The van der Waals surface area contributed by atoms with Crippen LogP contribution in [0.2, 0.25) is 0 Å². The van der Waals surface area contributed by atoms with E-state index < -0.39 is 0 Å². The van der Waals surface area contributed by atoms with E-state index in [-0.39, 0.29) is 23.7 Å². The maximum Gasteiger partial charge on any atom is 0.233 e. The maximum absolute atomic E-state index is 12.3. The third-order valence-electron chi connectivity index (χ3n) is 4.76. The zero-order chi connectivity index (χ0) is 14.7. The average molecular weight is 292 g/mol. The lowest BCUT2D eigenvalue weighted by molar-refractivity contribution is -0.140. The Bertz CT molecular complexity index is 403. The highest BCUT2D eigenvalue weighted by atomic mass is 16.5. The Labute approximate surface area is 125 Å². The molecule has 3 rings (SSSR count). The number of imide groups is 1. The maximum atomic E-state index is 12.3. The van der Waals surface area contributed by atoms with Gasteiger partial charge in [0, 0.05) is 13.2 Å². The summed E-state index contributed by atoms with van der Waals surface area (Å²) in [6.45, 7) is 3.18. The first kappa shape index (κ1) is 14.7. The van der Waals surface area contributed by atoms with Crippen molar-refractivity contribution in [2.45, 2.75) is 38.2 Å². The minimum Gasteiger partial charge on any atom is -0.378 e. The standard InChI is InChI=1S/C16H24N2O3/c19-15-13-4-1-2-5-14(13)16(20)18(15)10-3-11-21-12-6-8-17-9-7-12/h1-2,12-14,17H,3-11H2. The molecule has 2 heterocycles. The fourth-order valence-electron chi connectivity index (χ4n) is 3.52. The summed E-state index contributed by atoms with van der Waals surface area (Å²) in [6.07, 6.45) is 8.67. The van der Waals surface area contributed by atoms with Crippen LogP contribution in [0.4, 0.5) is 0 Å². The molecule has 0 aromatic heterocycles.